The van der Waals surface area contributed by atoms with Gasteiger partial charge in [0.1, 0.15) is 5.82 Å². The molecule has 2 fully saturated rings. The molecule has 6 heteroatoms. The van der Waals surface area contributed by atoms with Gasteiger partial charge in [0.05, 0.1) is 18.7 Å². The summed E-state index contributed by atoms with van der Waals surface area (Å²) in [4.78, 5) is 12.3. The fraction of sp³-hybridized carbons (Fsp3) is 0.481. The molecular formula is C27H34N4O2. The molecule has 2 heterocycles. The van der Waals surface area contributed by atoms with Crippen LogP contribution in [0.5, 0.6) is 11.5 Å². The van der Waals surface area contributed by atoms with Crippen molar-refractivity contribution < 1.29 is 9.47 Å². The Balaban J connectivity index is 1.51. The molecule has 5 rings (SSSR count). The van der Waals surface area contributed by atoms with Crippen LogP contribution in [0.3, 0.4) is 0 Å². The molecule has 6 nitrogen and oxygen atoms in total. The lowest BCUT2D eigenvalue weighted by Gasteiger charge is -2.29. The maximum atomic E-state index is 6.35. The normalized spacial score (nSPS) is 16.8. The van der Waals surface area contributed by atoms with Crippen molar-refractivity contribution in [3.63, 3.8) is 0 Å². The van der Waals surface area contributed by atoms with E-state index in [4.69, 9.17) is 19.4 Å². The Morgan fingerprint density at radius 1 is 0.939 bits per heavy atom. The maximum absolute atomic E-state index is 6.35. The van der Waals surface area contributed by atoms with Gasteiger partial charge in [-0.25, -0.2) is 4.98 Å². The Bertz CT molecular complexity index is 1090. The number of anilines is 2. The quantitative estimate of drug-likeness (QED) is 0.490. The number of piperidine rings is 1. The molecule has 3 aromatic rings. The largest absolute Gasteiger partial charge is 0.493 e. The summed E-state index contributed by atoms with van der Waals surface area (Å²) >= 11 is 0. The molecular weight excluding hydrogens is 412 g/mol. The lowest BCUT2D eigenvalue weighted by molar-refractivity contribution is 0.201. The van der Waals surface area contributed by atoms with E-state index in [1.54, 1.807) is 7.11 Å². The Morgan fingerprint density at radius 2 is 1.70 bits per heavy atom. The Hall–Kier alpha value is -3.02. The molecule has 0 unspecified atom stereocenters. The van der Waals surface area contributed by atoms with Crippen LogP contribution in [0.15, 0.2) is 36.4 Å². The number of ether oxygens (including phenoxy) is 2. The zero-order valence-electron chi connectivity index (χ0n) is 19.8. The van der Waals surface area contributed by atoms with Crippen LogP contribution in [0.2, 0.25) is 0 Å². The average molecular weight is 447 g/mol. The second-order valence-electron chi connectivity index (χ2n) is 9.30. The molecule has 1 saturated heterocycles. The van der Waals surface area contributed by atoms with Crippen LogP contribution in [0, 0.1) is 6.92 Å². The first-order valence-corrected chi connectivity index (χ1v) is 12.3. The fourth-order valence-electron chi connectivity index (χ4n) is 4.87. The highest BCUT2D eigenvalue weighted by Gasteiger charge is 2.22. The van der Waals surface area contributed by atoms with Crippen molar-refractivity contribution in [3.8, 4) is 11.5 Å². The van der Waals surface area contributed by atoms with Crippen LogP contribution in [0.25, 0.3) is 10.9 Å². The molecule has 2 aromatic carbocycles. The van der Waals surface area contributed by atoms with E-state index in [1.165, 1.54) is 43.2 Å². The highest BCUT2D eigenvalue weighted by atomic mass is 16.5. The van der Waals surface area contributed by atoms with Gasteiger partial charge in [0.15, 0.2) is 11.5 Å². The summed E-state index contributed by atoms with van der Waals surface area (Å²) in [6.07, 6.45) is 8.60. The number of nitrogens with one attached hydrogen (secondary N) is 1. The second-order valence-corrected chi connectivity index (χ2v) is 9.30. The van der Waals surface area contributed by atoms with E-state index in [1.807, 2.05) is 6.07 Å². The molecule has 174 valence electrons. The topological polar surface area (TPSA) is 59.5 Å². The molecule has 0 amide bonds. The summed E-state index contributed by atoms with van der Waals surface area (Å²) in [6, 6.07) is 12.7. The molecule has 0 bridgehead atoms. The van der Waals surface area contributed by atoms with E-state index in [0.29, 0.717) is 12.5 Å². The molecule has 1 aliphatic heterocycles. The third-order valence-electron chi connectivity index (χ3n) is 6.78. The first-order chi connectivity index (χ1) is 16.2. The van der Waals surface area contributed by atoms with Gasteiger partial charge in [-0.15, -0.1) is 0 Å². The molecule has 1 aromatic heterocycles. The first-order valence-electron chi connectivity index (χ1n) is 12.3. The number of nitrogens with zero attached hydrogens (tertiary/aromatic N) is 3. The Kier molecular flexibility index (Phi) is 6.51. The van der Waals surface area contributed by atoms with Gasteiger partial charge < -0.3 is 19.7 Å². The minimum Gasteiger partial charge on any atom is -0.493 e. The number of fused-ring (bicyclic) bond motifs is 1. The molecule has 0 spiro atoms. The molecule has 33 heavy (non-hydrogen) atoms. The summed E-state index contributed by atoms with van der Waals surface area (Å²) in [6.45, 7) is 4.83. The number of hydrogen-bond acceptors (Lipinski definition) is 6. The van der Waals surface area contributed by atoms with Crippen LogP contribution in [0.4, 0.5) is 11.8 Å². The summed E-state index contributed by atoms with van der Waals surface area (Å²) in [5.74, 6) is 3.18. The minimum absolute atomic E-state index is 0.263. The predicted octanol–water partition coefficient (Wildman–Crippen LogP) is 5.87. The number of hydrogen-bond donors (Lipinski definition) is 1. The third-order valence-corrected chi connectivity index (χ3v) is 6.78. The van der Waals surface area contributed by atoms with Gasteiger partial charge in [-0.05, 0) is 63.5 Å². The van der Waals surface area contributed by atoms with E-state index in [9.17, 15) is 0 Å². The summed E-state index contributed by atoms with van der Waals surface area (Å²) < 4.78 is 12.1. The van der Waals surface area contributed by atoms with E-state index < -0.39 is 0 Å². The van der Waals surface area contributed by atoms with Crippen LogP contribution in [-0.2, 0) is 6.54 Å². The van der Waals surface area contributed by atoms with Gasteiger partial charge in [-0.3, -0.25) is 0 Å². The molecule has 1 N–H and O–H groups in total. The van der Waals surface area contributed by atoms with Gasteiger partial charge in [0.2, 0.25) is 5.95 Å². The monoisotopic (exact) mass is 446 g/mol. The van der Waals surface area contributed by atoms with Crippen LogP contribution in [0.1, 0.15) is 56.1 Å². The molecule has 1 saturated carbocycles. The van der Waals surface area contributed by atoms with Crippen molar-refractivity contribution in [3.05, 3.63) is 47.5 Å². The standard InChI is InChI=1S/C27H34N4O2/c1-19-10-12-20(13-11-19)18-28-27-29-23-17-25(33-21-8-4-5-9-21)24(32-2)16-22(23)26(30-27)31-14-6-3-7-15-31/h10-13,16-17,21H,3-9,14-15,18H2,1-2H3,(H,28,29,30). The highest BCUT2D eigenvalue weighted by molar-refractivity contribution is 5.93. The van der Waals surface area contributed by atoms with Gasteiger partial charge in [0.25, 0.3) is 0 Å². The maximum Gasteiger partial charge on any atom is 0.225 e. The van der Waals surface area contributed by atoms with Crippen molar-refractivity contribution in [2.75, 3.05) is 30.4 Å². The predicted molar refractivity (Wildman–Crippen MR) is 134 cm³/mol. The van der Waals surface area contributed by atoms with Crippen molar-refractivity contribution in [2.24, 2.45) is 0 Å². The molecule has 0 atom stereocenters. The molecule has 2 aliphatic rings. The zero-order valence-corrected chi connectivity index (χ0v) is 19.8. The lowest BCUT2D eigenvalue weighted by atomic mass is 10.1. The number of rotatable bonds is 7. The summed E-state index contributed by atoms with van der Waals surface area (Å²) in [7, 11) is 1.71. The number of benzene rings is 2. The number of aromatic nitrogens is 2. The lowest BCUT2D eigenvalue weighted by Crippen LogP contribution is -2.30. The van der Waals surface area contributed by atoms with E-state index >= 15 is 0 Å². The Morgan fingerprint density at radius 3 is 2.42 bits per heavy atom. The van der Waals surface area contributed by atoms with E-state index in [2.05, 4.69) is 47.5 Å². The van der Waals surface area contributed by atoms with Gasteiger partial charge in [-0.2, -0.15) is 4.98 Å². The minimum atomic E-state index is 0.263. The fourth-order valence-corrected chi connectivity index (χ4v) is 4.87. The summed E-state index contributed by atoms with van der Waals surface area (Å²) in [5.41, 5.74) is 3.37. The second kappa shape index (κ2) is 9.86. The van der Waals surface area contributed by atoms with E-state index in [0.717, 1.165) is 54.2 Å². The van der Waals surface area contributed by atoms with Crippen LogP contribution in [-0.4, -0.2) is 36.3 Å². The smallest absolute Gasteiger partial charge is 0.225 e. The SMILES string of the molecule is COc1cc2c(N3CCCCC3)nc(NCc3ccc(C)cc3)nc2cc1OC1CCCC1. The third kappa shape index (κ3) is 5.00. The van der Waals surface area contributed by atoms with Gasteiger partial charge >= 0.3 is 0 Å². The van der Waals surface area contributed by atoms with Crippen LogP contribution >= 0.6 is 0 Å². The van der Waals surface area contributed by atoms with Crippen molar-refractivity contribution in [1.29, 1.82) is 0 Å². The van der Waals surface area contributed by atoms with Gasteiger partial charge in [-0.1, -0.05) is 29.8 Å². The zero-order chi connectivity index (χ0) is 22.6. The first kappa shape index (κ1) is 21.8. The highest BCUT2D eigenvalue weighted by Crippen LogP contribution is 2.38. The summed E-state index contributed by atoms with van der Waals surface area (Å²) in [5, 5.41) is 4.47. The van der Waals surface area contributed by atoms with Crippen molar-refractivity contribution >= 4 is 22.7 Å². The van der Waals surface area contributed by atoms with E-state index in [-0.39, 0.29) is 6.10 Å². The molecule has 1 aliphatic carbocycles. The van der Waals surface area contributed by atoms with Crippen LogP contribution < -0.4 is 19.7 Å². The number of aryl methyl sites for hydroxylation is 1. The molecule has 0 radical (unpaired) electrons. The van der Waals surface area contributed by atoms with Gasteiger partial charge in [0, 0.05) is 31.1 Å². The average Bonchev–Trinajstić information content (AvgIpc) is 3.36. The Labute approximate surface area is 196 Å². The van der Waals surface area contributed by atoms with Crippen molar-refractivity contribution in [2.45, 2.75) is 64.5 Å². The number of methoxy groups -OCH3 is 1. The van der Waals surface area contributed by atoms with Crippen molar-refractivity contribution in [1.82, 2.24) is 9.97 Å².